The molecule has 1 atom stereocenters. The van der Waals surface area contributed by atoms with E-state index in [-0.39, 0.29) is 29.6 Å². The minimum atomic E-state index is -0.640. The van der Waals surface area contributed by atoms with Crippen LogP contribution in [0.25, 0.3) is 22.2 Å². The summed E-state index contributed by atoms with van der Waals surface area (Å²) in [6.45, 7) is 6.39. The van der Waals surface area contributed by atoms with Gasteiger partial charge in [-0.05, 0) is 68.1 Å². The van der Waals surface area contributed by atoms with Gasteiger partial charge in [-0.3, -0.25) is 0 Å². The molecule has 1 heterocycles. The third-order valence-corrected chi connectivity index (χ3v) is 4.91. The maximum Gasteiger partial charge on any atom is 0.407 e. The molecule has 1 unspecified atom stereocenters. The predicted molar refractivity (Wildman–Crippen MR) is 124 cm³/mol. The van der Waals surface area contributed by atoms with Gasteiger partial charge in [0.1, 0.15) is 23.6 Å². The van der Waals surface area contributed by atoms with Gasteiger partial charge < -0.3 is 19.8 Å². The summed E-state index contributed by atoms with van der Waals surface area (Å²) in [7, 11) is 1.61. The number of methoxy groups -OCH3 is 1. The first-order valence-electron chi connectivity index (χ1n) is 11.1. The molecule has 2 N–H and O–H groups in total. The van der Waals surface area contributed by atoms with E-state index in [1.165, 1.54) is 24.6 Å². The molecular formula is C25H31F3N2O3. The molecule has 1 aliphatic carbocycles. The summed E-state index contributed by atoms with van der Waals surface area (Å²) >= 11 is 0. The van der Waals surface area contributed by atoms with E-state index in [0.29, 0.717) is 23.3 Å². The minimum absolute atomic E-state index is 0.0116. The van der Waals surface area contributed by atoms with Crippen LogP contribution in [-0.4, -0.2) is 36.9 Å². The van der Waals surface area contributed by atoms with E-state index in [1.54, 1.807) is 25.3 Å². The molecule has 1 aromatic heterocycles. The molecule has 1 aliphatic rings. The molecule has 5 nitrogen and oxygen atoms in total. The number of hydrogen-bond acceptors (Lipinski definition) is 3. The molecule has 0 spiro atoms. The van der Waals surface area contributed by atoms with Crippen molar-refractivity contribution in [2.24, 2.45) is 0 Å². The number of amides is 1. The summed E-state index contributed by atoms with van der Waals surface area (Å²) in [5, 5.41) is 3.14. The highest BCUT2D eigenvalue weighted by atomic mass is 19.1. The quantitative estimate of drug-likeness (QED) is 0.448. The first-order valence-corrected chi connectivity index (χ1v) is 11.1. The number of hydrogen-bond donors (Lipinski definition) is 2. The fourth-order valence-corrected chi connectivity index (χ4v) is 3.12. The standard InChI is InChI=1S/C14H8F3N.C9H17NO3.C2H6/c15-10-3-1-8(2-4-10)13-6-9-5-11(16)7-12(17)14(9)18-13;1-7(6-12-2)10-9(11)13-8-4-3-5-8;1-2/h1-7,18H;7-8H,3-6H2,1-2H3,(H,10,11);1-2H3. The van der Waals surface area contributed by atoms with Gasteiger partial charge in [0, 0.05) is 24.3 Å². The Labute approximate surface area is 192 Å². The number of halogens is 3. The maximum absolute atomic E-state index is 13.5. The highest BCUT2D eigenvalue weighted by molar-refractivity contribution is 5.86. The number of nitrogens with one attached hydrogen (secondary N) is 2. The molecule has 1 fully saturated rings. The first-order chi connectivity index (χ1) is 15.9. The molecule has 8 heteroatoms. The van der Waals surface area contributed by atoms with Gasteiger partial charge in [0.2, 0.25) is 0 Å². The zero-order valence-corrected chi connectivity index (χ0v) is 19.4. The Morgan fingerprint density at radius 3 is 2.33 bits per heavy atom. The molecule has 1 amide bonds. The van der Waals surface area contributed by atoms with Crippen molar-refractivity contribution in [2.75, 3.05) is 13.7 Å². The lowest BCUT2D eigenvalue weighted by molar-refractivity contribution is 0.0479. The van der Waals surface area contributed by atoms with Gasteiger partial charge in [-0.2, -0.15) is 0 Å². The van der Waals surface area contributed by atoms with Crippen molar-refractivity contribution in [2.45, 2.75) is 52.2 Å². The lowest BCUT2D eigenvalue weighted by Gasteiger charge is -2.25. The number of fused-ring (bicyclic) bond motifs is 1. The Balaban J connectivity index is 0.000000228. The molecule has 4 rings (SSSR count). The molecule has 3 aromatic rings. The minimum Gasteiger partial charge on any atom is -0.446 e. The van der Waals surface area contributed by atoms with Crippen molar-refractivity contribution >= 4 is 17.0 Å². The molecule has 1 saturated carbocycles. The van der Waals surface area contributed by atoms with E-state index in [9.17, 15) is 18.0 Å². The number of carbonyl (C=O) groups excluding carboxylic acids is 1. The summed E-state index contributed by atoms with van der Waals surface area (Å²) in [6, 6.07) is 9.51. The highest BCUT2D eigenvalue weighted by Crippen LogP contribution is 2.26. The molecule has 0 saturated heterocycles. The van der Waals surface area contributed by atoms with Crippen LogP contribution >= 0.6 is 0 Å². The number of aromatic amines is 1. The fraction of sp³-hybridized carbons (Fsp3) is 0.400. The first kappa shape index (κ1) is 26.3. The third-order valence-electron chi connectivity index (χ3n) is 4.91. The Bertz CT molecular complexity index is 1020. The van der Waals surface area contributed by atoms with Crippen LogP contribution in [0.15, 0.2) is 42.5 Å². The Hall–Kier alpha value is -3.00. The number of H-pyrrole nitrogens is 1. The molecular weight excluding hydrogens is 433 g/mol. The van der Waals surface area contributed by atoms with E-state index in [4.69, 9.17) is 9.47 Å². The Morgan fingerprint density at radius 1 is 1.09 bits per heavy atom. The number of carbonyl (C=O) groups is 1. The van der Waals surface area contributed by atoms with Gasteiger partial charge in [-0.15, -0.1) is 0 Å². The van der Waals surface area contributed by atoms with Gasteiger partial charge in [-0.1, -0.05) is 13.8 Å². The van der Waals surface area contributed by atoms with E-state index in [2.05, 4.69) is 10.3 Å². The smallest absolute Gasteiger partial charge is 0.407 e. The van der Waals surface area contributed by atoms with Gasteiger partial charge >= 0.3 is 6.09 Å². The summed E-state index contributed by atoms with van der Waals surface area (Å²) < 4.78 is 49.3. The van der Waals surface area contributed by atoms with Crippen molar-refractivity contribution in [3.05, 3.63) is 59.9 Å². The third kappa shape index (κ3) is 7.82. The SMILES string of the molecule is CC.COCC(C)NC(=O)OC1CCC1.Fc1ccc(-c2cc3cc(F)cc(F)c3[nH]2)cc1. The van der Waals surface area contributed by atoms with Crippen LogP contribution in [0.1, 0.15) is 40.0 Å². The van der Waals surface area contributed by atoms with Gasteiger partial charge in [0.15, 0.2) is 0 Å². The van der Waals surface area contributed by atoms with Crippen LogP contribution in [0.4, 0.5) is 18.0 Å². The lowest BCUT2D eigenvalue weighted by Crippen LogP contribution is -2.39. The summed E-state index contributed by atoms with van der Waals surface area (Å²) in [6.07, 6.45) is 3.01. The monoisotopic (exact) mass is 464 g/mol. The second kappa shape index (κ2) is 12.9. The van der Waals surface area contributed by atoms with Crippen LogP contribution in [0.5, 0.6) is 0 Å². The Kier molecular flexibility index (Phi) is 10.3. The maximum atomic E-state index is 13.5. The van der Waals surface area contributed by atoms with Crippen LogP contribution in [0.2, 0.25) is 0 Å². The highest BCUT2D eigenvalue weighted by Gasteiger charge is 2.22. The predicted octanol–water partition coefficient (Wildman–Crippen LogP) is 6.58. The van der Waals surface area contributed by atoms with E-state index in [1.807, 2.05) is 20.8 Å². The number of rotatable bonds is 5. The van der Waals surface area contributed by atoms with Crippen molar-refractivity contribution in [3.8, 4) is 11.3 Å². The number of ether oxygens (including phenoxy) is 2. The molecule has 180 valence electrons. The van der Waals surface area contributed by atoms with Crippen molar-refractivity contribution in [1.29, 1.82) is 0 Å². The van der Waals surface area contributed by atoms with Crippen LogP contribution in [0, 0.1) is 17.5 Å². The Morgan fingerprint density at radius 2 is 1.76 bits per heavy atom. The molecule has 33 heavy (non-hydrogen) atoms. The van der Waals surface area contributed by atoms with E-state index >= 15 is 0 Å². The fourth-order valence-electron chi connectivity index (χ4n) is 3.12. The number of alkyl carbamates (subject to hydrolysis) is 1. The van der Waals surface area contributed by atoms with E-state index in [0.717, 1.165) is 18.9 Å². The summed E-state index contributed by atoms with van der Waals surface area (Å²) in [5.74, 6) is -1.60. The summed E-state index contributed by atoms with van der Waals surface area (Å²) in [5.41, 5.74) is 1.58. The number of aromatic nitrogens is 1. The van der Waals surface area contributed by atoms with Gasteiger partial charge in [-0.25, -0.2) is 18.0 Å². The zero-order chi connectivity index (χ0) is 24.4. The molecule has 0 bridgehead atoms. The zero-order valence-electron chi connectivity index (χ0n) is 19.4. The van der Waals surface area contributed by atoms with E-state index < -0.39 is 11.6 Å². The van der Waals surface area contributed by atoms with Crippen LogP contribution in [-0.2, 0) is 9.47 Å². The number of benzene rings is 2. The van der Waals surface area contributed by atoms with Gasteiger partial charge in [0.05, 0.1) is 18.2 Å². The van der Waals surface area contributed by atoms with Crippen LogP contribution < -0.4 is 5.32 Å². The topological polar surface area (TPSA) is 63.4 Å². The lowest BCUT2D eigenvalue weighted by atomic mass is 9.96. The summed E-state index contributed by atoms with van der Waals surface area (Å²) in [4.78, 5) is 14.0. The average Bonchev–Trinajstić information content (AvgIpc) is 3.18. The largest absolute Gasteiger partial charge is 0.446 e. The second-order valence-electron chi connectivity index (χ2n) is 7.50. The van der Waals surface area contributed by atoms with Crippen LogP contribution in [0.3, 0.4) is 0 Å². The van der Waals surface area contributed by atoms with Gasteiger partial charge in [0.25, 0.3) is 0 Å². The molecule has 2 aromatic carbocycles. The van der Waals surface area contributed by atoms with Crippen molar-refractivity contribution < 1.29 is 27.4 Å². The average molecular weight is 465 g/mol. The van der Waals surface area contributed by atoms with Crippen molar-refractivity contribution in [1.82, 2.24) is 10.3 Å². The molecule has 0 radical (unpaired) electrons. The second-order valence-corrected chi connectivity index (χ2v) is 7.50. The molecule has 0 aliphatic heterocycles. The normalized spacial score (nSPS) is 13.7. The van der Waals surface area contributed by atoms with Crippen molar-refractivity contribution in [3.63, 3.8) is 0 Å².